The van der Waals surface area contributed by atoms with Gasteiger partial charge in [-0.2, -0.15) is 0 Å². The lowest BCUT2D eigenvalue weighted by Crippen LogP contribution is -2.37. The largest absolute Gasteiger partial charge is 0.330 e. The monoisotopic (exact) mass is 388 g/mol. The van der Waals surface area contributed by atoms with Crippen LogP contribution in [0.3, 0.4) is 0 Å². The van der Waals surface area contributed by atoms with Crippen molar-refractivity contribution >= 4 is 34.6 Å². The van der Waals surface area contributed by atoms with E-state index in [-0.39, 0.29) is 18.4 Å². The number of rotatable bonds is 7. The predicted octanol–water partition coefficient (Wildman–Crippen LogP) is 3.83. The molecule has 0 atom stereocenters. The first kappa shape index (κ1) is 20.2. The molecule has 1 aromatic heterocycles. The van der Waals surface area contributed by atoms with Crippen LogP contribution in [0.4, 0.5) is 5.69 Å². The van der Waals surface area contributed by atoms with E-state index in [4.69, 9.17) is 0 Å². The predicted molar refractivity (Wildman–Crippen MR) is 115 cm³/mol. The first-order chi connectivity index (χ1) is 14.1. The maximum Gasteiger partial charge on any atom is 0.247 e. The van der Waals surface area contributed by atoms with Gasteiger partial charge in [-0.25, -0.2) is 4.98 Å². The number of nitrogens with zero attached hydrogens (tertiary/aromatic N) is 3. The molecule has 148 valence electrons. The van der Waals surface area contributed by atoms with E-state index in [2.05, 4.69) is 15.3 Å². The van der Waals surface area contributed by atoms with Gasteiger partial charge < -0.3 is 10.2 Å². The molecule has 1 N–H and O–H groups in total. The van der Waals surface area contributed by atoms with Crippen molar-refractivity contribution in [2.45, 2.75) is 20.3 Å². The number of hydrogen-bond acceptors (Lipinski definition) is 4. The smallest absolute Gasteiger partial charge is 0.247 e. The second kappa shape index (κ2) is 9.59. The van der Waals surface area contributed by atoms with Crippen molar-refractivity contribution < 1.29 is 9.59 Å². The molecule has 29 heavy (non-hydrogen) atoms. The second-order valence-electron chi connectivity index (χ2n) is 6.74. The number of hydrogen-bond donors (Lipinski definition) is 1. The second-order valence-corrected chi connectivity index (χ2v) is 6.74. The molecule has 2 amide bonds. The van der Waals surface area contributed by atoms with Crippen molar-refractivity contribution in [1.82, 2.24) is 14.9 Å². The fourth-order valence-electron chi connectivity index (χ4n) is 2.93. The summed E-state index contributed by atoms with van der Waals surface area (Å²) in [5.41, 5.74) is 3.90. The molecule has 0 aliphatic carbocycles. The van der Waals surface area contributed by atoms with Crippen LogP contribution < -0.4 is 5.32 Å². The fourth-order valence-corrected chi connectivity index (χ4v) is 2.93. The number of anilines is 1. The Morgan fingerprint density at radius 1 is 1.07 bits per heavy atom. The molecule has 6 nitrogen and oxygen atoms in total. The van der Waals surface area contributed by atoms with Gasteiger partial charge in [0.05, 0.1) is 22.9 Å². The minimum absolute atomic E-state index is 0.00521. The summed E-state index contributed by atoms with van der Waals surface area (Å²) in [7, 11) is 0. The molecule has 0 bridgehead atoms. The lowest BCUT2D eigenvalue weighted by Gasteiger charge is -2.20. The van der Waals surface area contributed by atoms with Crippen LogP contribution >= 0.6 is 0 Å². The van der Waals surface area contributed by atoms with Crippen LogP contribution in [0, 0.1) is 6.92 Å². The Bertz CT molecular complexity index is 1050. The number of nitrogens with one attached hydrogen (secondary N) is 1. The van der Waals surface area contributed by atoms with E-state index in [1.165, 1.54) is 11.0 Å². The summed E-state index contributed by atoms with van der Waals surface area (Å²) in [5.74, 6) is -0.457. The van der Waals surface area contributed by atoms with Crippen LogP contribution in [-0.4, -0.2) is 39.8 Å². The zero-order valence-corrected chi connectivity index (χ0v) is 16.6. The average Bonchev–Trinajstić information content (AvgIpc) is 2.73. The number of carbonyl (C=O) groups is 2. The van der Waals surface area contributed by atoms with Crippen molar-refractivity contribution in [2.75, 3.05) is 18.4 Å². The topological polar surface area (TPSA) is 75.2 Å². The number of carbonyl (C=O) groups excluding carboxylic acids is 2. The Morgan fingerprint density at radius 3 is 2.55 bits per heavy atom. The minimum Gasteiger partial charge on any atom is -0.330 e. The van der Waals surface area contributed by atoms with Crippen LogP contribution in [0.2, 0.25) is 0 Å². The summed E-state index contributed by atoms with van der Waals surface area (Å²) in [6, 6.07) is 15.1. The number of aromatic nitrogens is 2. The Kier molecular flexibility index (Phi) is 6.68. The standard InChI is InChI=1S/C23H24N4O2/c1-3-14-27(16-22(28)26-19-9-5-4-8-17(19)2)23(29)13-12-18-15-24-20-10-6-7-11-21(20)25-18/h4-13,15H,3,14,16H2,1-2H3,(H,26,28)/b13-12+. The van der Waals surface area contributed by atoms with Crippen molar-refractivity contribution in [2.24, 2.45) is 0 Å². The maximum atomic E-state index is 12.6. The van der Waals surface area contributed by atoms with Gasteiger partial charge >= 0.3 is 0 Å². The van der Waals surface area contributed by atoms with Gasteiger partial charge in [-0.15, -0.1) is 0 Å². The molecule has 3 rings (SSSR count). The Labute approximate surface area is 170 Å². The van der Waals surface area contributed by atoms with Gasteiger partial charge in [0.2, 0.25) is 11.8 Å². The summed E-state index contributed by atoms with van der Waals surface area (Å²) in [4.78, 5) is 35.4. The van der Waals surface area contributed by atoms with Crippen LogP contribution in [0.25, 0.3) is 17.1 Å². The molecular weight excluding hydrogens is 364 g/mol. The molecule has 0 fully saturated rings. The highest BCUT2D eigenvalue weighted by atomic mass is 16.2. The number of fused-ring (bicyclic) bond motifs is 1. The summed E-state index contributed by atoms with van der Waals surface area (Å²) in [6.45, 7) is 4.39. The van der Waals surface area contributed by atoms with Crippen molar-refractivity contribution in [1.29, 1.82) is 0 Å². The molecule has 6 heteroatoms. The number of amides is 2. The molecule has 0 aliphatic heterocycles. The summed E-state index contributed by atoms with van der Waals surface area (Å²) < 4.78 is 0. The molecule has 3 aromatic rings. The molecule has 0 radical (unpaired) electrons. The van der Waals surface area contributed by atoms with E-state index in [1.807, 2.05) is 62.4 Å². The molecule has 0 saturated heterocycles. The zero-order chi connectivity index (χ0) is 20.6. The van der Waals surface area contributed by atoms with Gasteiger partial charge in [-0.3, -0.25) is 14.6 Å². The lowest BCUT2D eigenvalue weighted by molar-refractivity contribution is -0.130. The Morgan fingerprint density at radius 2 is 1.79 bits per heavy atom. The highest BCUT2D eigenvalue weighted by Crippen LogP contribution is 2.13. The van der Waals surface area contributed by atoms with E-state index >= 15 is 0 Å². The molecule has 0 aliphatic rings. The van der Waals surface area contributed by atoms with E-state index in [0.29, 0.717) is 12.2 Å². The van der Waals surface area contributed by atoms with E-state index < -0.39 is 0 Å². The Hall–Kier alpha value is -3.54. The number of aryl methyl sites for hydroxylation is 1. The molecule has 0 unspecified atom stereocenters. The van der Waals surface area contributed by atoms with Crippen molar-refractivity contribution in [3.8, 4) is 0 Å². The Balaban J connectivity index is 1.67. The van der Waals surface area contributed by atoms with Gasteiger partial charge in [-0.1, -0.05) is 37.3 Å². The average molecular weight is 388 g/mol. The van der Waals surface area contributed by atoms with Crippen LogP contribution in [0.1, 0.15) is 24.6 Å². The minimum atomic E-state index is -0.234. The zero-order valence-electron chi connectivity index (χ0n) is 16.6. The van der Waals surface area contributed by atoms with Crippen molar-refractivity contribution in [3.63, 3.8) is 0 Å². The first-order valence-corrected chi connectivity index (χ1v) is 9.61. The summed E-state index contributed by atoms with van der Waals surface area (Å²) in [6.07, 6.45) is 5.45. The van der Waals surface area contributed by atoms with Crippen LogP contribution in [0.15, 0.2) is 60.8 Å². The molecule has 0 spiro atoms. The number of benzene rings is 2. The third-order valence-corrected chi connectivity index (χ3v) is 4.42. The normalized spacial score (nSPS) is 11.0. The fraction of sp³-hybridized carbons (Fsp3) is 0.217. The summed E-state index contributed by atoms with van der Waals surface area (Å²) >= 11 is 0. The third kappa shape index (κ3) is 5.48. The van der Waals surface area contributed by atoms with Crippen LogP contribution in [-0.2, 0) is 9.59 Å². The van der Waals surface area contributed by atoms with E-state index in [0.717, 1.165) is 28.7 Å². The SMILES string of the molecule is CCCN(CC(=O)Nc1ccccc1C)C(=O)/C=C/c1cnc2ccccc2n1. The van der Waals surface area contributed by atoms with Gasteiger partial charge in [0.1, 0.15) is 6.54 Å². The summed E-state index contributed by atoms with van der Waals surface area (Å²) in [5, 5.41) is 2.87. The molecule has 2 aromatic carbocycles. The quantitative estimate of drug-likeness (QED) is 0.624. The highest BCUT2D eigenvalue weighted by Gasteiger charge is 2.15. The third-order valence-electron chi connectivity index (χ3n) is 4.42. The van der Waals surface area contributed by atoms with Crippen LogP contribution in [0.5, 0.6) is 0 Å². The van der Waals surface area contributed by atoms with Gasteiger partial charge in [0.15, 0.2) is 0 Å². The molecule has 0 saturated carbocycles. The number of para-hydroxylation sites is 3. The molecule has 1 heterocycles. The lowest BCUT2D eigenvalue weighted by atomic mass is 10.2. The first-order valence-electron chi connectivity index (χ1n) is 9.61. The highest BCUT2D eigenvalue weighted by molar-refractivity contribution is 5.98. The van der Waals surface area contributed by atoms with E-state index in [9.17, 15) is 9.59 Å². The maximum absolute atomic E-state index is 12.6. The van der Waals surface area contributed by atoms with E-state index in [1.54, 1.807) is 12.3 Å². The molecular formula is C23H24N4O2. The van der Waals surface area contributed by atoms with Crippen molar-refractivity contribution in [3.05, 3.63) is 72.1 Å². The van der Waals surface area contributed by atoms with Gasteiger partial charge in [-0.05, 0) is 43.2 Å². The van der Waals surface area contributed by atoms with Gasteiger partial charge in [0, 0.05) is 18.3 Å². The van der Waals surface area contributed by atoms with Gasteiger partial charge in [0.25, 0.3) is 0 Å².